The summed E-state index contributed by atoms with van der Waals surface area (Å²) in [6, 6.07) is 9.93. The van der Waals surface area contributed by atoms with Crippen molar-refractivity contribution in [3.63, 3.8) is 0 Å². The molecule has 3 amide bonds. The molecule has 0 radical (unpaired) electrons. The summed E-state index contributed by atoms with van der Waals surface area (Å²) >= 11 is 0. The van der Waals surface area contributed by atoms with Gasteiger partial charge in [-0.2, -0.15) is 0 Å². The Morgan fingerprint density at radius 2 is 1.88 bits per heavy atom. The molecule has 3 aliphatic rings. The zero-order valence-electron chi connectivity index (χ0n) is 17.3. The van der Waals surface area contributed by atoms with Crippen LogP contribution < -0.4 is 10.6 Å². The number of ether oxygens (including phenoxy) is 1. The van der Waals surface area contributed by atoms with Crippen LogP contribution in [0.25, 0.3) is 0 Å². The van der Waals surface area contributed by atoms with E-state index in [2.05, 4.69) is 10.6 Å². The number of benzene rings is 2. The van der Waals surface area contributed by atoms with Crippen molar-refractivity contribution in [1.29, 1.82) is 0 Å². The molecule has 3 N–H and O–H groups in total. The van der Waals surface area contributed by atoms with E-state index in [0.29, 0.717) is 17.7 Å². The molecule has 0 aliphatic carbocycles. The van der Waals surface area contributed by atoms with E-state index in [1.165, 1.54) is 37.4 Å². The molecule has 0 unspecified atom stereocenters. The first kappa shape index (κ1) is 20.6. The molecular weight excluding hydrogens is 417 g/mol. The number of phenols is 1. The van der Waals surface area contributed by atoms with Gasteiger partial charge in [0, 0.05) is 24.4 Å². The molecule has 9 heteroatoms. The Labute approximate surface area is 183 Å². The second kappa shape index (κ2) is 7.39. The molecule has 0 bridgehead atoms. The largest absolute Gasteiger partial charge is 0.508 e. The van der Waals surface area contributed by atoms with Crippen molar-refractivity contribution < 1.29 is 28.6 Å². The van der Waals surface area contributed by atoms with Crippen LogP contribution >= 0.6 is 0 Å². The molecule has 2 fully saturated rings. The third kappa shape index (κ3) is 2.85. The first-order valence-electron chi connectivity index (χ1n) is 10.4. The maximum atomic E-state index is 14.2. The number of hydrogen-bond donors (Lipinski definition) is 3. The molecule has 4 atom stereocenters. The Hall–Kier alpha value is -3.30. The maximum Gasteiger partial charge on any atom is 0.250 e. The van der Waals surface area contributed by atoms with Crippen LogP contribution in [0.1, 0.15) is 11.1 Å². The van der Waals surface area contributed by atoms with Crippen LogP contribution in [0.4, 0.5) is 10.1 Å². The number of imide groups is 1. The number of anilines is 1. The highest BCUT2D eigenvalue weighted by molar-refractivity contribution is 6.15. The summed E-state index contributed by atoms with van der Waals surface area (Å²) in [5, 5.41) is 15.6. The van der Waals surface area contributed by atoms with Crippen molar-refractivity contribution in [3.8, 4) is 5.75 Å². The Morgan fingerprint density at radius 3 is 2.59 bits per heavy atom. The van der Waals surface area contributed by atoms with Gasteiger partial charge in [-0.25, -0.2) is 4.39 Å². The van der Waals surface area contributed by atoms with Crippen LogP contribution in [0.2, 0.25) is 0 Å². The van der Waals surface area contributed by atoms with Gasteiger partial charge in [0.1, 0.15) is 17.1 Å². The number of phenolic OH excluding ortho intramolecular Hbond substituents is 1. The van der Waals surface area contributed by atoms with Gasteiger partial charge in [0.15, 0.2) is 0 Å². The van der Waals surface area contributed by atoms with Crippen molar-refractivity contribution in [2.24, 2.45) is 11.8 Å². The molecule has 2 aromatic rings. The summed E-state index contributed by atoms with van der Waals surface area (Å²) in [5.41, 5.74) is 0.0339. The number of methoxy groups -OCH3 is 1. The predicted octanol–water partition coefficient (Wildman–Crippen LogP) is 1.14. The Balaban J connectivity index is 1.61. The topological polar surface area (TPSA) is 108 Å². The van der Waals surface area contributed by atoms with Crippen LogP contribution in [0, 0.1) is 17.7 Å². The fraction of sp³-hybridized carbons (Fsp3) is 0.348. The first-order chi connectivity index (χ1) is 15.4. The smallest absolute Gasteiger partial charge is 0.250 e. The Bertz CT molecular complexity index is 1120. The normalized spacial score (nSPS) is 28.4. The third-order valence-corrected chi connectivity index (χ3v) is 6.68. The van der Waals surface area contributed by atoms with Crippen LogP contribution in [0.15, 0.2) is 42.5 Å². The van der Waals surface area contributed by atoms with Crippen molar-refractivity contribution in [2.75, 3.05) is 25.6 Å². The van der Waals surface area contributed by atoms with E-state index in [0.717, 1.165) is 10.5 Å². The molecule has 166 valence electrons. The molecule has 0 aromatic heterocycles. The summed E-state index contributed by atoms with van der Waals surface area (Å²) in [7, 11) is 1.48. The number of hydrogen-bond acceptors (Lipinski definition) is 6. The molecule has 3 heterocycles. The molecule has 32 heavy (non-hydrogen) atoms. The maximum absolute atomic E-state index is 14.2. The van der Waals surface area contributed by atoms with E-state index in [-0.39, 0.29) is 24.8 Å². The van der Waals surface area contributed by atoms with Crippen molar-refractivity contribution in [1.82, 2.24) is 10.2 Å². The van der Waals surface area contributed by atoms with E-state index >= 15 is 0 Å². The summed E-state index contributed by atoms with van der Waals surface area (Å²) < 4.78 is 19.3. The number of rotatable bonds is 5. The molecule has 2 saturated heterocycles. The minimum absolute atomic E-state index is 0.0841. The van der Waals surface area contributed by atoms with Gasteiger partial charge in [0.25, 0.3) is 0 Å². The van der Waals surface area contributed by atoms with Crippen LogP contribution in [0.5, 0.6) is 5.75 Å². The molecule has 0 saturated carbocycles. The summed E-state index contributed by atoms with van der Waals surface area (Å²) in [5.74, 6) is -3.54. The highest BCUT2D eigenvalue weighted by Crippen LogP contribution is 2.53. The van der Waals surface area contributed by atoms with Crippen molar-refractivity contribution in [2.45, 2.75) is 18.0 Å². The van der Waals surface area contributed by atoms with Gasteiger partial charge in [0.05, 0.1) is 25.0 Å². The Morgan fingerprint density at radius 1 is 1.12 bits per heavy atom. The number of amides is 3. The van der Waals surface area contributed by atoms with Gasteiger partial charge >= 0.3 is 0 Å². The van der Waals surface area contributed by atoms with E-state index in [1.54, 1.807) is 12.1 Å². The van der Waals surface area contributed by atoms with Gasteiger partial charge in [0.2, 0.25) is 17.7 Å². The van der Waals surface area contributed by atoms with Gasteiger partial charge in [-0.1, -0.05) is 12.1 Å². The SMILES string of the molecule is COCCN1C(=O)[C@H]2[C@@H](C1=O)[C@@]1(N[C@@H]2Cc2ccc(O)cc2)C(=O)Nc2ccc(F)cc21. The summed E-state index contributed by atoms with van der Waals surface area (Å²) in [6.07, 6.45) is 0.345. The number of likely N-dealkylation sites (tertiary alicyclic amines) is 1. The monoisotopic (exact) mass is 439 g/mol. The number of nitrogens with one attached hydrogen (secondary N) is 2. The van der Waals surface area contributed by atoms with Crippen molar-refractivity contribution >= 4 is 23.4 Å². The van der Waals surface area contributed by atoms with Crippen molar-refractivity contribution in [3.05, 3.63) is 59.4 Å². The highest BCUT2D eigenvalue weighted by atomic mass is 19.1. The lowest BCUT2D eigenvalue weighted by Crippen LogP contribution is -2.53. The van der Waals surface area contributed by atoms with E-state index in [4.69, 9.17) is 4.74 Å². The number of halogens is 1. The Kier molecular flexibility index (Phi) is 4.75. The third-order valence-electron chi connectivity index (χ3n) is 6.68. The number of carbonyl (C=O) groups is 3. The zero-order valence-corrected chi connectivity index (χ0v) is 17.3. The first-order valence-corrected chi connectivity index (χ1v) is 10.4. The average molecular weight is 439 g/mol. The lowest BCUT2D eigenvalue weighted by Gasteiger charge is -2.29. The molecular formula is C23H22FN3O5. The van der Waals surface area contributed by atoms with Gasteiger partial charge in [-0.15, -0.1) is 0 Å². The lowest BCUT2D eigenvalue weighted by atomic mass is 9.76. The number of nitrogens with zero attached hydrogens (tertiary/aromatic N) is 1. The second-order valence-corrected chi connectivity index (χ2v) is 8.40. The zero-order chi connectivity index (χ0) is 22.6. The second-order valence-electron chi connectivity index (χ2n) is 8.40. The predicted molar refractivity (Wildman–Crippen MR) is 111 cm³/mol. The van der Waals surface area contributed by atoms with Gasteiger partial charge in [-0.3, -0.25) is 24.6 Å². The highest BCUT2D eigenvalue weighted by Gasteiger charge is 2.70. The van der Waals surface area contributed by atoms with Crippen LogP contribution in [-0.2, 0) is 31.1 Å². The molecule has 2 aromatic carbocycles. The average Bonchev–Trinajstić information content (AvgIpc) is 3.34. The minimum Gasteiger partial charge on any atom is -0.508 e. The van der Waals surface area contributed by atoms with E-state index in [1.807, 2.05) is 0 Å². The van der Waals surface area contributed by atoms with Gasteiger partial charge < -0.3 is 15.2 Å². The summed E-state index contributed by atoms with van der Waals surface area (Å²) in [4.78, 5) is 41.2. The number of carbonyl (C=O) groups excluding carboxylic acids is 3. The van der Waals surface area contributed by atoms with Crippen LogP contribution in [0.3, 0.4) is 0 Å². The van der Waals surface area contributed by atoms with Crippen LogP contribution in [-0.4, -0.2) is 54.0 Å². The lowest BCUT2D eigenvalue weighted by molar-refractivity contribution is -0.143. The van der Waals surface area contributed by atoms with Gasteiger partial charge in [-0.05, 0) is 42.3 Å². The standard InChI is InChI=1S/C23H22FN3O5/c1-32-9-8-27-20(29)18-17(10-12-2-5-14(28)6-3-12)26-23(19(18)21(27)30)15-11-13(24)4-7-16(15)25-22(23)31/h2-7,11,17-19,26,28H,8-10H2,1H3,(H,25,31)/t17-,18-,19+,23-/m1/s1. The summed E-state index contributed by atoms with van der Waals surface area (Å²) in [6.45, 7) is 0.262. The number of fused-ring (bicyclic) bond motifs is 4. The quantitative estimate of drug-likeness (QED) is 0.603. The minimum atomic E-state index is -1.54. The van der Waals surface area contributed by atoms with E-state index < -0.39 is 41.0 Å². The van der Waals surface area contributed by atoms with E-state index in [9.17, 15) is 23.9 Å². The molecule has 1 spiro atoms. The molecule has 3 aliphatic heterocycles. The number of aromatic hydroxyl groups is 1. The molecule has 5 rings (SSSR count). The fourth-order valence-corrected chi connectivity index (χ4v) is 5.30. The molecule has 8 nitrogen and oxygen atoms in total. The fourth-order valence-electron chi connectivity index (χ4n) is 5.30.